The maximum atomic E-state index is 16.9. The van der Waals surface area contributed by atoms with Gasteiger partial charge in [0.15, 0.2) is 17.7 Å². The van der Waals surface area contributed by atoms with Crippen molar-refractivity contribution in [1.29, 1.82) is 0 Å². The van der Waals surface area contributed by atoms with Crippen LogP contribution in [0.2, 0.25) is 0 Å². The Morgan fingerprint density at radius 2 is 1.87 bits per heavy atom. The first-order chi connectivity index (χ1) is 29.3. The Balaban J connectivity index is 1.66. The zero-order valence-corrected chi connectivity index (χ0v) is 38.5. The number of aliphatic hydroxyl groups excluding tert-OH is 1. The second-order valence-corrected chi connectivity index (χ2v) is 17.6. The highest BCUT2D eigenvalue weighted by Crippen LogP contribution is 2.40. The lowest BCUT2D eigenvalue weighted by Gasteiger charge is -2.42. The molecule has 348 valence electrons. The van der Waals surface area contributed by atoms with Gasteiger partial charge in [0.05, 0.1) is 23.9 Å². The standard InChI is InChI=1S/C45H72FN7O9/c1-12-19-32-39-45(8,62-42(57)53(39)23-17-16-22-52-28-33(49-50-52)30-20-18-21-31(47)24-30)36(14-3)61-41(56)44(7,46)35(54)25-37(43(6,58-11)26-29(5)27-48-32)60-40(59-15-4)38(55)34(13-2)51(9)10/h12,18,20-21,24,28-29,32,34,36-40,48,55H,1,13-17,19,22-23,25-27,47H2,2-11H3/t29-,32-,34?,36-,37-,38?,39-,40+,43-,44+,45-/m1/s1. The van der Waals surface area contributed by atoms with Crippen molar-refractivity contribution in [3.8, 4) is 11.3 Å². The van der Waals surface area contributed by atoms with E-state index in [2.05, 4.69) is 22.2 Å². The number of aryl methyl sites for hydroxylation is 1. The number of aromatic nitrogens is 3. The van der Waals surface area contributed by atoms with Crippen LogP contribution >= 0.6 is 0 Å². The SMILES string of the molecule is C=CC[C@H]1NC[C@H](C)C[C@@](C)(OC)[C@H](O[C@H](OCC)C(O)C(CC)N(C)C)CC(=O)[C@](C)(F)C(=O)O[C@H](CC)[C@@]2(C)OC(=O)N(CCCCn3cc(-c4cccc(N)c4)nn3)[C@H]12. The number of ether oxygens (including phenoxy) is 5. The Kier molecular flexibility index (Phi) is 18.0. The van der Waals surface area contributed by atoms with Gasteiger partial charge in [-0.3, -0.25) is 14.4 Å². The third kappa shape index (κ3) is 11.8. The maximum absolute atomic E-state index is 16.9. The predicted molar refractivity (Wildman–Crippen MR) is 234 cm³/mol. The number of rotatable bonds is 18. The Hall–Kier alpha value is -4.00. The number of hydrogen-bond acceptors (Lipinski definition) is 14. The average Bonchev–Trinajstić information content (AvgIpc) is 3.80. The van der Waals surface area contributed by atoms with Crippen molar-refractivity contribution >= 4 is 23.5 Å². The first-order valence-electron chi connectivity index (χ1n) is 22.0. The molecular formula is C45H72FN7O9. The molecule has 2 aromatic rings. The number of hydrogen-bond donors (Lipinski definition) is 3. The van der Waals surface area contributed by atoms with E-state index in [1.165, 1.54) is 7.11 Å². The number of nitrogens with two attached hydrogens (primary N) is 1. The monoisotopic (exact) mass is 874 g/mol. The first kappa shape index (κ1) is 50.6. The second kappa shape index (κ2) is 22.1. The summed E-state index contributed by atoms with van der Waals surface area (Å²) < 4.78 is 49.3. The fourth-order valence-corrected chi connectivity index (χ4v) is 8.96. The molecule has 4 N–H and O–H groups in total. The number of cyclic esters (lactones) is 1. The van der Waals surface area contributed by atoms with Gasteiger partial charge in [0, 0.05) is 56.6 Å². The number of nitrogens with one attached hydrogen (secondary N) is 1. The summed E-state index contributed by atoms with van der Waals surface area (Å²) in [7, 11) is 5.15. The van der Waals surface area contributed by atoms with Gasteiger partial charge in [-0.25, -0.2) is 14.0 Å². The summed E-state index contributed by atoms with van der Waals surface area (Å²) in [6.45, 7) is 17.2. The van der Waals surface area contributed by atoms with Crippen LogP contribution < -0.4 is 11.1 Å². The molecule has 16 nitrogen and oxygen atoms in total. The molecule has 2 fully saturated rings. The number of carbonyl (C=O) groups excluding carboxylic acids is 3. The molecule has 0 saturated carbocycles. The number of nitrogens with zero attached hydrogens (tertiary/aromatic N) is 5. The molecule has 0 radical (unpaired) electrons. The van der Waals surface area contributed by atoms with Crippen LogP contribution in [0.5, 0.6) is 0 Å². The molecule has 62 heavy (non-hydrogen) atoms. The molecule has 0 spiro atoms. The third-order valence-corrected chi connectivity index (χ3v) is 12.6. The Morgan fingerprint density at radius 3 is 2.48 bits per heavy atom. The van der Waals surface area contributed by atoms with Crippen LogP contribution in [0.4, 0.5) is 14.9 Å². The number of unbranched alkanes of at least 4 members (excludes halogenated alkanes) is 1. The van der Waals surface area contributed by atoms with E-state index in [-0.39, 0.29) is 25.0 Å². The predicted octanol–water partition coefficient (Wildman–Crippen LogP) is 5.32. The normalized spacial score (nSPS) is 30.5. The van der Waals surface area contributed by atoms with E-state index >= 15 is 4.39 Å². The number of anilines is 1. The minimum atomic E-state index is -3.13. The first-order valence-corrected chi connectivity index (χ1v) is 22.0. The molecule has 0 aliphatic carbocycles. The van der Waals surface area contributed by atoms with E-state index in [0.717, 1.165) is 12.5 Å². The van der Waals surface area contributed by atoms with Gasteiger partial charge >= 0.3 is 12.1 Å². The number of carbonyl (C=O) groups is 3. The number of ketones is 1. The summed E-state index contributed by atoms with van der Waals surface area (Å²) in [6, 6.07) is 5.89. The van der Waals surface area contributed by atoms with Crippen LogP contribution in [-0.4, -0.2) is 148 Å². The minimum Gasteiger partial charge on any atom is -0.455 e. The zero-order valence-electron chi connectivity index (χ0n) is 38.5. The number of nitrogen functional groups attached to an aromatic ring is 1. The Bertz CT molecular complexity index is 1800. The molecule has 2 aliphatic heterocycles. The van der Waals surface area contributed by atoms with Crippen LogP contribution in [0.25, 0.3) is 11.3 Å². The summed E-state index contributed by atoms with van der Waals surface area (Å²) in [4.78, 5) is 45.5. The van der Waals surface area contributed by atoms with Crippen LogP contribution in [0, 0.1) is 5.92 Å². The lowest BCUT2D eigenvalue weighted by Crippen LogP contribution is -2.62. The number of benzene rings is 1. The molecule has 1 aromatic carbocycles. The number of fused-ring (bicyclic) bond motifs is 1. The number of likely N-dealkylation sites (N-methyl/N-ethyl adjacent to an activating group) is 1. The van der Waals surface area contributed by atoms with E-state index in [9.17, 15) is 19.5 Å². The van der Waals surface area contributed by atoms with Crippen molar-refractivity contribution < 1.29 is 47.6 Å². The number of alkyl halides is 1. The molecule has 2 unspecified atom stereocenters. The Morgan fingerprint density at radius 1 is 1.16 bits per heavy atom. The van der Waals surface area contributed by atoms with Crippen molar-refractivity contribution in [3.05, 3.63) is 43.1 Å². The smallest absolute Gasteiger partial charge is 0.410 e. The van der Waals surface area contributed by atoms with Gasteiger partial charge in [0.2, 0.25) is 0 Å². The fraction of sp³-hybridized carbons (Fsp3) is 0.711. The van der Waals surface area contributed by atoms with Crippen molar-refractivity contribution in [2.24, 2.45) is 5.92 Å². The topological polar surface area (TPSA) is 193 Å². The largest absolute Gasteiger partial charge is 0.455 e. The molecular weight excluding hydrogens is 802 g/mol. The second-order valence-electron chi connectivity index (χ2n) is 17.6. The zero-order chi connectivity index (χ0) is 46.0. The molecule has 1 amide bonds. The molecule has 4 rings (SSSR count). The summed E-state index contributed by atoms with van der Waals surface area (Å²) >= 11 is 0. The molecule has 17 heteroatoms. The molecule has 3 heterocycles. The molecule has 2 saturated heterocycles. The van der Waals surface area contributed by atoms with Gasteiger partial charge in [-0.2, -0.15) is 0 Å². The maximum Gasteiger partial charge on any atom is 0.410 e. The van der Waals surface area contributed by atoms with E-state index in [4.69, 9.17) is 29.4 Å². The van der Waals surface area contributed by atoms with E-state index in [1.807, 2.05) is 57.2 Å². The molecule has 2 aliphatic rings. The highest BCUT2D eigenvalue weighted by molar-refractivity contribution is 6.07. The van der Waals surface area contributed by atoms with Gasteiger partial charge in [-0.15, -0.1) is 11.7 Å². The molecule has 11 atom stereocenters. The minimum absolute atomic E-state index is 0.145. The average molecular weight is 874 g/mol. The highest BCUT2D eigenvalue weighted by Gasteiger charge is 2.60. The van der Waals surface area contributed by atoms with Crippen LogP contribution in [0.15, 0.2) is 43.1 Å². The number of Topliss-reactive ketones (excluding diaryl/α,β-unsaturated/α-hetero) is 1. The summed E-state index contributed by atoms with van der Waals surface area (Å²) in [5.74, 6) is -2.66. The lowest BCUT2D eigenvalue weighted by molar-refractivity contribution is -0.258. The summed E-state index contributed by atoms with van der Waals surface area (Å²) in [5.41, 5.74) is 2.31. The van der Waals surface area contributed by atoms with Crippen molar-refractivity contribution in [3.63, 3.8) is 0 Å². The number of esters is 1. The number of aliphatic hydroxyl groups is 1. The van der Waals surface area contributed by atoms with E-state index < -0.39 is 77.8 Å². The van der Waals surface area contributed by atoms with E-state index in [1.54, 1.807) is 49.4 Å². The highest BCUT2D eigenvalue weighted by atomic mass is 19.1. The Labute approximate surface area is 367 Å². The van der Waals surface area contributed by atoms with Gasteiger partial charge < -0.3 is 44.7 Å². The van der Waals surface area contributed by atoms with Crippen LogP contribution in [0.3, 0.4) is 0 Å². The summed E-state index contributed by atoms with van der Waals surface area (Å²) in [5, 5.41) is 23.8. The van der Waals surface area contributed by atoms with Crippen molar-refractivity contribution in [2.75, 3.05) is 46.6 Å². The van der Waals surface area contributed by atoms with Crippen molar-refractivity contribution in [1.82, 2.24) is 30.1 Å². The quantitative estimate of drug-likeness (QED) is 0.0435. The third-order valence-electron chi connectivity index (χ3n) is 12.6. The van der Waals surface area contributed by atoms with E-state index in [0.29, 0.717) is 63.1 Å². The lowest BCUT2D eigenvalue weighted by atomic mass is 9.82. The van der Waals surface area contributed by atoms with Gasteiger partial charge in [-0.05, 0) is 105 Å². The van der Waals surface area contributed by atoms with Crippen LogP contribution in [-0.2, 0) is 39.8 Å². The summed E-state index contributed by atoms with van der Waals surface area (Å²) in [6.07, 6.45) is 0.384. The van der Waals surface area contributed by atoms with Gasteiger partial charge in [0.25, 0.3) is 5.67 Å². The number of halogens is 1. The van der Waals surface area contributed by atoms with Crippen LogP contribution in [0.1, 0.15) is 93.4 Å². The molecule has 0 bridgehead atoms. The van der Waals surface area contributed by atoms with Crippen molar-refractivity contribution in [2.45, 2.75) is 160 Å². The van der Waals surface area contributed by atoms with Gasteiger partial charge in [-0.1, -0.05) is 44.2 Å². The molecule has 1 aromatic heterocycles. The van der Waals surface area contributed by atoms with Gasteiger partial charge in [0.1, 0.15) is 17.9 Å². The number of amides is 1. The fourth-order valence-electron chi connectivity index (χ4n) is 8.96. The number of methoxy groups -OCH3 is 1.